The van der Waals surface area contributed by atoms with Crippen LogP contribution in [0.1, 0.15) is 76.3 Å². The van der Waals surface area contributed by atoms with Crippen molar-refractivity contribution < 1.29 is 23.5 Å². The van der Waals surface area contributed by atoms with E-state index in [1.54, 1.807) is 30.3 Å². The largest absolute Gasteiger partial charge is 0.426 e. The predicted octanol–water partition coefficient (Wildman–Crippen LogP) is 6.72. The first-order chi connectivity index (χ1) is 17.8. The van der Waals surface area contributed by atoms with E-state index in [2.05, 4.69) is 13.8 Å². The van der Waals surface area contributed by atoms with Crippen LogP contribution in [0.15, 0.2) is 42.5 Å². The monoisotopic (exact) mass is 504 g/mol. The average molecular weight is 505 g/mol. The van der Waals surface area contributed by atoms with Crippen molar-refractivity contribution in [3.8, 4) is 23.6 Å². The van der Waals surface area contributed by atoms with E-state index in [0.29, 0.717) is 17.2 Å². The van der Waals surface area contributed by atoms with E-state index < -0.39 is 5.82 Å². The van der Waals surface area contributed by atoms with Crippen molar-refractivity contribution >= 4 is 11.9 Å². The zero-order chi connectivity index (χ0) is 26.8. The number of hydrogen-bond donors (Lipinski definition) is 0. The van der Waals surface area contributed by atoms with Gasteiger partial charge in [-0.2, -0.15) is 10.5 Å². The highest BCUT2D eigenvalue weighted by atomic mass is 19.1. The van der Waals surface area contributed by atoms with E-state index in [9.17, 15) is 14.0 Å². The maximum Gasteiger partial charge on any atom is 0.314 e. The molecule has 2 saturated carbocycles. The maximum atomic E-state index is 13.4. The smallest absolute Gasteiger partial charge is 0.314 e. The van der Waals surface area contributed by atoms with Crippen molar-refractivity contribution in [2.75, 3.05) is 0 Å². The lowest BCUT2D eigenvalue weighted by Crippen LogP contribution is -2.25. The molecule has 2 fully saturated rings. The number of rotatable bonds is 4. The zero-order valence-corrected chi connectivity index (χ0v) is 21.4. The molecule has 0 N–H and O–H groups in total. The Morgan fingerprint density at radius 1 is 0.730 bits per heavy atom. The van der Waals surface area contributed by atoms with Crippen molar-refractivity contribution in [1.82, 2.24) is 0 Å². The van der Waals surface area contributed by atoms with Crippen LogP contribution in [0.5, 0.6) is 11.5 Å². The van der Waals surface area contributed by atoms with Gasteiger partial charge in [0, 0.05) is 6.07 Å². The van der Waals surface area contributed by atoms with Gasteiger partial charge in [-0.15, -0.1) is 0 Å². The van der Waals surface area contributed by atoms with Crippen LogP contribution in [-0.4, -0.2) is 11.9 Å². The number of nitriles is 2. The van der Waals surface area contributed by atoms with Gasteiger partial charge in [-0.3, -0.25) is 9.59 Å². The van der Waals surface area contributed by atoms with Crippen LogP contribution < -0.4 is 9.47 Å². The fourth-order valence-corrected chi connectivity index (χ4v) is 4.64. The second-order valence-corrected chi connectivity index (χ2v) is 10.1. The van der Waals surface area contributed by atoms with E-state index in [1.807, 2.05) is 6.07 Å². The van der Waals surface area contributed by atoms with Crippen LogP contribution in [0, 0.1) is 52.2 Å². The summed E-state index contributed by atoms with van der Waals surface area (Å²) in [7, 11) is 0. The maximum absolute atomic E-state index is 13.4. The summed E-state index contributed by atoms with van der Waals surface area (Å²) in [6.07, 6.45) is 7.79. The molecule has 2 aliphatic carbocycles. The number of carbonyl (C=O) groups is 2. The first-order valence-electron chi connectivity index (χ1n) is 12.9. The number of halogens is 1. The summed E-state index contributed by atoms with van der Waals surface area (Å²) in [4.78, 5) is 23.9. The van der Waals surface area contributed by atoms with Gasteiger partial charge >= 0.3 is 11.9 Å². The molecule has 37 heavy (non-hydrogen) atoms. The molecule has 0 radical (unpaired) electrons. The van der Waals surface area contributed by atoms with Crippen LogP contribution in [0.4, 0.5) is 4.39 Å². The molecule has 6 nitrogen and oxygen atoms in total. The van der Waals surface area contributed by atoms with E-state index in [-0.39, 0.29) is 35.1 Å². The van der Waals surface area contributed by atoms with Crippen molar-refractivity contribution in [2.24, 2.45) is 23.7 Å². The molecule has 0 saturated heterocycles. The Labute approximate surface area is 218 Å². The molecule has 0 atom stereocenters. The molecule has 2 aliphatic rings. The fourth-order valence-electron chi connectivity index (χ4n) is 4.64. The molecular weight excluding hydrogens is 471 g/mol. The Balaban J connectivity index is 0.000000206. The number of carbonyl (C=O) groups excluding carboxylic acids is 2. The molecule has 0 heterocycles. The van der Waals surface area contributed by atoms with Gasteiger partial charge in [-0.25, -0.2) is 4.39 Å². The average Bonchev–Trinajstić information content (AvgIpc) is 2.90. The lowest BCUT2D eigenvalue weighted by atomic mass is 9.83. The van der Waals surface area contributed by atoms with Crippen LogP contribution >= 0.6 is 0 Å². The molecule has 0 bridgehead atoms. The van der Waals surface area contributed by atoms with Gasteiger partial charge in [-0.1, -0.05) is 13.8 Å². The lowest BCUT2D eigenvalue weighted by Gasteiger charge is -2.24. The molecule has 0 spiro atoms. The van der Waals surface area contributed by atoms with Gasteiger partial charge in [0.05, 0.1) is 29.0 Å². The van der Waals surface area contributed by atoms with E-state index in [4.69, 9.17) is 20.0 Å². The number of nitrogens with zero attached hydrogens (tertiary/aromatic N) is 2. The lowest BCUT2D eigenvalue weighted by molar-refractivity contribution is -0.141. The minimum Gasteiger partial charge on any atom is -0.426 e. The summed E-state index contributed by atoms with van der Waals surface area (Å²) >= 11 is 0. The highest BCUT2D eigenvalue weighted by Gasteiger charge is 2.27. The van der Waals surface area contributed by atoms with Gasteiger partial charge in [-0.05, 0) is 99.6 Å². The molecular formula is C30H33FN2O4. The van der Waals surface area contributed by atoms with Crippen LogP contribution in [0.25, 0.3) is 0 Å². The summed E-state index contributed by atoms with van der Waals surface area (Å²) in [5, 5.41) is 17.3. The summed E-state index contributed by atoms with van der Waals surface area (Å²) in [6.45, 7) is 4.40. The summed E-state index contributed by atoms with van der Waals surface area (Å²) < 4.78 is 23.9. The van der Waals surface area contributed by atoms with Gasteiger partial charge < -0.3 is 9.47 Å². The molecule has 7 heteroatoms. The SMILES string of the molecule is CC1CCC(C(=O)Oc2ccc(C#N)c(F)c2)CC1.CC1CCC(C(=O)Oc2ccc(C#N)cc2)CC1. The standard InChI is InChI=1S/C15H16FNO2.C15H17NO2/c1-10-2-4-11(5-3-10)15(18)19-13-7-6-12(9-17)14(16)8-13;1-11-2-6-13(7-3-11)15(17)18-14-8-4-12(10-16)5-9-14/h6-8,10-11H,2-5H2,1H3;4-5,8-9,11,13H,2-3,6-7H2,1H3. The van der Waals surface area contributed by atoms with Gasteiger partial charge in [0.15, 0.2) is 0 Å². The first kappa shape index (κ1) is 27.9. The topological polar surface area (TPSA) is 100 Å². The fraction of sp³-hybridized carbons (Fsp3) is 0.467. The van der Waals surface area contributed by atoms with Crippen molar-refractivity contribution in [1.29, 1.82) is 10.5 Å². The molecule has 0 aromatic heterocycles. The zero-order valence-electron chi connectivity index (χ0n) is 21.4. The Hall–Kier alpha value is -3.71. The third-order valence-corrected chi connectivity index (χ3v) is 7.18. The second kappa shape index (κ2) is 13.6. The summed E-state index contributed by atoms with van der Waals surface area (Å²) in [5.74, 6) is 0.942. The molecule has 0 aliphatic heterocycles. The normalized spacial score (nSPS) is 22.8. The number of benzene rings is 2. The number of ether oxygens (including phenoxy) is 2. The highest BCUT2D eigenvalue weighted by molar-refractivity contribution is 5.75. The van der Waals surface area contributed by atoms with Crippen LogP contribution in [-0.2, 0) is 9.59 Å². The quantitative estimate of drug-likeness (QED) is 0.338. The number of hydrogen-bond acceptors (Lipinski definition) is 6. The molecule has 2 aromatic rings. The van der Waals surface area contributed by atoms with Crippen LogP contribution in [0.2, 0.25) is 0 Å². The summed E-state index contributed by atoms with van der Waals surface area (Å²) in [5.41, 5.74) is 0.521. The van der Waals surface area contributed by atoms with Crippen molar-refractivity contribution in [3.63, 3.8) is 0 Å². The Kier molecular flexibility index (Phi) is 10.2. The van der Waals surface area contributed by atoms with Gasteiger partial charge in [0.2, 0.25) is 0 Å². The third kappa shape index (κ3) is 8.43. The molecule has 4 rings (SSSR count). The molecule has 0 unspecified atom stereocenters. The number of esters is 2. The highest BCUT2D eigenvalue weighted by Crippen LogP contribution is 2.30. The van der Waals surface area contributed by atoms with E-state index in [0.717, 1.165) is 63.4 Å². The van der Waals surface area contributed by atoms with E-state index >= 15 is 0 Å². The Morgan fingerprint density at radius 3 is 1.62 bits per heavy atom. The minimum absolute atomic E-state index is 0.0387. The van der Waals surface area contributed by atoms with Crippen LogP contribution in [0.3, 0.4) is 0 Å². The van der Waals surface area contributed by atoms with Crippen molar-refractivity contribution in [3.05, 3.63) is 59.4 Å². The second-order valence-electron chi connectivity index (χ2n) is 10.1. The van der Waals surface area contributed by atoms with E-state index in [1.165, 1.54) is 12.1 Å². The van der Waals surface area contributed by atoms with Gasteiger partial charge in [0.25, 0.3) is 0 Å². The predicted molar refractivity (Wildman–Crippen MR) is 136 cm³/mol. The minimum atomic E-state index is -0.662. The third-order valence-electron chi connectivity index (χ3n) is 7.18. The molecule has 2 aromatic carbocycles. The summed E-state index contributed by atoms with van der Waals surface area (Å²) in [6, 6.07) is 14.3. The first-order valence-corrected chi connectivity index (χ1v) is 12.9. The van der Waals surface area contributed by atoms with Crippen molar-refractivity contribution in [2.45, 2.75) is 65.2 Å². The Morgan fingerprint density at radius 2 is 1.19 bits per heavy atom. The Bertz CT molecular complexity index is 1150. The molecule has 0 amide bonds. The molecule has 194 valence electrons. The van der Waals surface area contributed by atoms with Gasteiger partial charge in [0.1, 0.15) is 23.4 Å².